The fourth-order valence-electron chi connectivity index (χ4n) is 5.33. The van der Waals surface area contributed by atoms with Crippen molar-refractivity contribution in [3.8, 4) is 0 Å². The molecule has 0 heterocycles. The average Bonchev–Trinajstić information content (AvgIpc) is 3.18. The lowest BCUT2D eigenvalue weighted by Crippen LogP contribution is -2.38. The van der Waals surface area contributed by atoms with E-state index in [-0.39, 0.29) is 18.1 Å². The third-order valence-corrected chi connectivity index (χ3v) is 7.96. The molecule has 2 aliphatic rings. The molecule has 0 spiro atoms. The van der Waals surface area contributed by atoms with E-state index in [9.17, 15) is 10.2 Å². The van der Waals surface area contributed by atoms with E-state index < -0.39 is 0 Å². The molecule has 4 heteroatoms. The summed E-state index contributed by atoms with van der Waals surface area (Å²) >= 11 is 2.08. The monoisotopic (exact) mass is 437 g/mol. The third kappa shape index (κ3) is 8.00. The Balaban J connectivity index is 1.72. The SMILES string of the molecule is CCCCC[C@H](O)C=C[C@@H]1[C@H]2CC(CCSCCN(C(C)C)C(C)C)=C[C@H]2C[C@H]1O. The van der Waals surface area contributed by atoms with E-state index in [0.29, 0.717) is 23.9 Å². The number of allylic oxidation sites excluding steroid dienone is 2. The largest absolute Gasteiger partial charge is 0.392 e. The van der Waals surface area contributed by atoms with Gasteiger partial charge in [-0.15, -0.1) is 0 Å². The summed E-state index contributed by atoms with van der Waals surface area (Å²) in [7, 11) is 0. The summed E-state index contributed by atoms with van der Waals surface area (Å²) < 4.78 is 0. The molecular formula is C26H47NO2S. The maximum absolute atomic E-state index is 10.5. The molecule has 0 bridgehead atoms. The van der Waals surface area contributed by atoms with Gasteiger partial charge in [0.2, 0.25) is 0 Å². The van der Waals surface area contributed by atoms with Crippen molar-refractivity contribution in [3.05, 3.63) is 23.8 Å². The fourth-order valence-corrected chi connectivity index (χ4v) is 6.29. The number of thioether (sulfide) groups is 1. The Morgan fingerprint density at radius 3 is 2.57 bits per heavy atom. The number of unbranched alkanes of at least 4 members (excludes halogenated alkanes) is 2. The van der Waals surface area contributed by atoms with Crippen LogP contribution in [0.4, 0.5) is 0 Å². The van der Waals surface area contributed by atoms with Crippen molar-refractivity contribution in [1.82, 2.24) is 4.90 Å². The van der Waals surface area contributed by atoms with Crippen LogP contribution in [-0.2, 0) is 0 Å². The van der Waals surface area contributed by atoms with E-state index in [1.165, 1.54) is 37.3 Å². The zero-order valence-corrected chi connectivity index (χ0v) is 20.9. The minimum atomic E-state index is -0.357. The Morgan fingerprint density at radius 1 is 1.17 bits per heavy atom. The highest BCUT2D eigenvalue weighted by molar-refractivity contribution is 7.99. The molecule has 2 rings (SSSR count). The minimum Gasteiger partial charge on any atom is -0.392 e. The Labute approximate surface area is 190 Å². The zero-order valence-electron chi connectivity index (χ0n) is 20.1. The first-order valence-corrected chi connectivity index (χ1v) is 13.6. The van der Waals surface area contributed by atoms with Crippen LogP contribution < -0.4 is 0 Å². The summed E-state index contributed by atoms with van der Waals surface area (Å²) in [6, 6.07) is 1.23. The molecule has 1 fully saturated rings. The Morgan fingerprint density at radius 2 is 1.90 bits per heavy atom. The van der Waals surface area contributed by atoms with Crippen LogP contribution in [0.2, 0.25) is 0 Å². The predicted molar refractivity (Wildman–Crippen MR) is 132 cm³/mol. The molecule has 30 heavy (non-hydrogen) atoms. The molecule has 2 N–H and O–H groups in total. The minimum absolute atomic E-state index is 0.211. The molecule has 174 valence electrons. The normalized spacial score (nSPS) is 27.6. The molecule has 2 aliphatic carbocycles. The van der Waals surface area contributed by atoms with Crippen LogP contribution >= 0.6 is 11.8 Å². The third-order valence-electron chi connectivity index (χ3n) is 7.00. The van der Waals surface area contributed by atoms with Crippen molar-refractivity contribution in [2.24, 2.45) is 17.8 Å². The van der Waals surface area contributed by atoms with Crippen molar-refractivity contribution in [1.29, 1.82) is 0 Å². The maximum Gasteiger partial charge on any atom is 0.0721 e. The van der Waals surface area contributed by atoms with Crippen molar-refractivity contribution in [2.45, 2.75) is 104 Å². The predicted octanol–water partition coefficient (Wildman–Crippen LogP) is 5.67. The quantitative estimate of drug-likeness (QED) is 0.271. The molecule has 0 saturated heterocycles. The van der Waals surface area contributed by atoms with Crippen LogP contribution in [-0.4, -0.2) is 57.5 Å². The van der Waals surface area contributed by atoms with E-state index in [2.05, 4.69) is 63.4 Å². The maximum atomic E-state index is 10.5. The Kier molecular flexibility index (Phi) is 11.5. The van der Waals surface area contributed by atoms with Gasteiger partial charge in [-0.05, 0) is 71.0 Å². The topological polar surface area (TPSA) is 43.7 Å². The van der Waals surface area contributed by atoms with Gasteiger partial charge in [0.15, 0.2) is 0 Å². The number of rotatable bonds is 14. The number of hydrogen-bond acceptors (Lipinski definition) is 4. The van der Waals surface area contributed by atoms with Crippen molar-refractivity contribution in [2.75, 3.05) is 18.1 Å². The fraction of sp³-hybridized carbons (Fsp3) is 0.846. The second-order valence-corrected chi connectivity index (χ2v) is 11.2. The smallest absolute Gasteiger partial charge is 0.0721 e. The Hall–Kier alpha value is -0.290. The van der Waals surface area contributed by atoms with Gasteiger partial charge >= 0.3 is 0 Å². The van der Waals surface area contributed by atoms with Crippen molar-refractivity contribution < 1.29 is 10.2 Å². The van der Waals surface area contributed by atoms with E-state index in [1.54, 1.807) is 5.57 Å². The summed E-state index contributed by atoms with van der Waals surface area (Å²) in [6.07, 6.45) is 13.4. The summed E-state index contributed by atoms with van der Waals surface area (Å²) in [5, 5.41) is 20.7. The zero-order chi connectivity index (χ0) is 22.1. The van der Waals surface area contributed by atoms with E-state index in [4.69, 9.17) is 0 Å². The van der Waals surface area contributed by atoms with Gasteiger partial charge in [0.1, 0.15) is 0 Å². The molecule has 0 aromatic carbocycles. The summed E-state index contributed by atoms with van der Waals surface area (Å²) in [5.41, 5.74) is 1.59. The number of aliphatic hydroxyl groups is 2. The first-order chi connectivity index (χ1) is 14.3. The molecule has 0 unspecified atom stereocenters. The van der Waals surface area contributed by atoms with Gasteiger partial charge < -0.3 is 10.2 Å². The molecule has 0 amide bonds. The molecule has 0 radical (unpaired) electrons. The van der Waals surface area contributed by atoms with E-state index in [1.807, 2.05) is 6.08 Å². The van der Waals surface area contributed by atoms with Crippen LogP contribution in [0.5, 0.6) is 0 Å². The second kappa shape index (κ2) is 13.3. The molecule has 0 aromatic rings. The van der Waals surface area contributed by atoms with Crippen LogP contribution in [0, 0.1) is 17.8 Å². The number of fused-ring (bicyclic) bond motifs is 1. The van der Waals surface area contributed by atoms with Crippen LogP contribution in [0.15, 0.2) is 23.8 Å². The lowest BCUT2D eigenvalue weighted by atomic mass is 9.88. The van der Waals surface area contributed by atoms with Gasteiger partial charge in [0.25, 0.3) is 0 Å². The molecular weight excluding hydrogens is 390 g/mol. The summed E-state index contributed by atoms with van der Waals surface area (Å²) in [4.78, 5) is 2.57. The van der Waals surface area contributed by atoms with Gasteiger partial charge in [-0.25, -0.2) is 0 Å². The van der Waals surface area contributed by atoms with Crippen LogP contribution in [0.25, 0.3) is 0 Å². The first-order valence-electron chi connectivity index (χ1n) is 12.4. The summed E-state index contributed by atoms with van der Waals surface area (Å²) in [6.45, 7) is 12.5. The van der Waals surface area contributed by atoms with Crippen LogP contribution in [0.3, 0.4) is 0 Å². The average molecular weight is 438 g/mol. The number of nitrogens with zero attached hydrogens (tertiary/aromatic N) is 1. The highest BCUT2D eigenvalue weighted by Crippen LogP contribution is 2.48. The van der Waals surface area contributed by atoms with Crippen LogP contribution in [0.1, 0.15) is 79.6 Å². The lowest BCUT2D eigenvalue weighted by Gasteiger charge is -2.30. The van der Waals surface area contributed by atoms with Crippen molar-refractivity contribution in [3.63, 3.8) is 0 Å². The molecule has 3 nitrogen and oxygen atoms in total. The molecule has 5 atom stereocenters. The summed E-state index contributed by atoms with van der Waals surface area (Å²) in [5.74, 6) is 3.69. The molecule has 0 aliphatic heterocycles. The highest BCUT2D eigenvalue weighted by Gasteiger charge is 2.43. The van der Waals surface area contributed by atoms with Gasteiger partial charge in [-0.1, -0.05) is 50.0 Å². The van der Waals surface area contributed by atoms with E-state index >= 15 is 0 Å². The van der Waals surface area contributed by atoms with Gasteiger partial charge in [-0.3, -0.25) is 4.90 Å². The standard InChI is InChI=1S/C26H47NO2S/c1-6-7-8-9-23(28)10-11-24-25-17-21(16-22(25)18-26(24)29)12-14-30-15-13-27(19(2)3)20(4)5/h10-11,16,19-20,22-26,28-29H,6-9,12-15,17-18H2,1-5H3/t22-,23-,24+,25-,26+/m0/s1. The number of aliphatic hydroxyl groups excluding tert-OH is 2. The second-order valence-electron chi connectivity index (χ2n) is 9.97. The Bertz CT molecular complexity index is 537. The van der Waals surface area contributed by atoms with Gasteiger partial charge in [0.05, 0.1) is 12.2 Å². The molecule has 1 saturated carbocycles. The van der Waals surface area contributed by atoms with Gasteiger partial charge in [-0.2, -0.15) is 11.8 Å². The first kappa shape index (κ1) is 26.0. The highest BCUT2D eigenvalue weighted by atomic mass is 32.2. The van der Waals surface area contributed by atoms with Gasteiger partial charge in [0, 0.05) is 30.3 Å². The lowest BCUT2D eigenvalue weighted by molar-refractivity contribution is 0.139. The van der Waals surface area contributed by atoms with E-state index in [0.717, 1.165) is 25.7 Å². The van der Waals surface area contributed by atoms with Crippen molar-refractivity contribution >= 4 is 11.8 Å². The molecule has 0 aromatic heterocycles. The number of hydrogen-bond donors (Lipinski definition) is 2.